The van der Waals surface area contributed by atoms with Gasteiger partial charge in [0.2, 0.25) is 0 Å². The second-order valence-corrected chi connectivity index (χ2v) is 11.5. The van der Waals surface area contributed by atoms with Crippen LogP contribution in [0.4, 0.5) is 11.5 Å². The van der Waals surface area contributed by atoms with Crippen molar-refractivity contribution in [2.24, 2.45) is 0 Å². The summed E-state index contributed by atoms with van der Waals surface area (Å²) in [6.45, 7) is 1.69. The number of carbonyl (C=O) groups is 1. The molecule has 9 heteroatoms. The number of rotatable bonds is 8. The van der Waals surface area contributed by atoms with Gasteiger partial charge < -0.3 is 9.63 Å². The van der Waals surface area contributed by atoms with E-state index in [1.165, 1.54) is 22.6 Å². The highest BCUT2D eigenvalue weighted by Crippen LogP contribution is 2.48. The molecule has 0 unspecified atom stereocenters. The molecule has 0 atom stereocenters. The van der Waals surface area contributed by atoms with Gasteiger partial charge in [-0.1, -0.05) is 78.0 Å². The molecule has 8 nitrogen and oxygen atoms in total. The Morgan fingerprint density at radius 3 is 2.02 bits per heavy atom. The van der Waals surface area contributed by atoms with Gasteiger partial charge in [-0.05, 0) is 60.7 Å². The molecule has 2 heterocycles. The first-order chi connectivity index (χ1) is 19.3. The van der Waals surface area contributed by atoms with Gasteiger partial charge in [-0.2, -0.15) is 0 Å². The molecule has 1 aliphatic carbocycles. The molecule has 1 fully saturated rings. The summed E-state index contributed by atoms with van der Waals surface area (Å²) in [5.74, 6) is -0.274. The number of anilines is 2. The van der Waals surface area contributed by atoms with Gasteiger partial charge in [-0.3, -0.25) is 4.79 Å². The number of carboxylic acid groups (broad SMARTS) is 1. The van der Waals surface area contributed by atoms with Gasteiger partial charge in [0.15, 0.2) is 5.76 Å². The number of benzene rings is 3. The average Bonchev–Trinajstić information content (AvgIpc) is 3.73. The van der Waals surface area contributed by atoms with E-state index in [0.29, 0.717) is 29.9 Å². The number of hydrogen-bond acceptors (Lipinski definition) is 6. The quantitative estimate of drug-likeness (QED) is 0.239. The first-order valence-corrected chi connectivity index (χ1v) is 14.2. The van der Waals surface area contributed by atoms with E-state index in [9.17, 15) is 18.3 Å². The van der Waals surface area contributed by atoms with Crippen molar-refractivity contribution in [2.75, 3.05) is 4.31 Å². The summed E-state index contributed by atoms with van der Waals surface area (Å²) >= 11 is 0. The minimum Gasteiger partial charge on any atom is -0.481 e. The summed E-state index contributed by atoms with van der Waals surface area (Å²) in [6, 6.07) is 28.3. The van der Waals surface area contributed by atoms with Gasteiger partial charge in [0.1, 0.15) is 17.2 Å². The molecule has 1 N–H and O–H groups in total. The van der Waals surface area contributed by atoms with Crippen LogP contribution in [-0.2, 0) is 20.2 Å². The molecular formula is C31H25N3O5S. The SMILES string of the molecule is Cc1noc(-c2ccc(-c3ccc(C4(C(=O)O)CC4)cc3)cc2)c1N(c1ccccn1)S(=O)(=O)c1ccccc1. The van der Waals surface area contributed by atoms with Crippen LogP contribution in [0.2, 0.25) is 0 Å². The normalized spacial score (nSPS) is 14.0. The second-order valence-electron chi connectivity index (χ2n) is 9.76. The zero-order valence-corrected chi connectivity index (χ0v) is 22.4. The zero-order valence-electron chi connectivity index (χ0n) is 21.6. The molecule has 5 aromatic rings. The van der Waals surface area contributed by atoms with Gasteiger partial charge in [0.05, 0.1) is 10.3 Å². The molecule has 0 spiro atoms. The summed E-state index contributed by atoms with van der Waals surface area (Å²) in [6.07, 6.45) is 2.85. The predicted molar refractivity (Wildman–Crippen MR) is 151 cm³/mol. The Morgan fingerprint density at radius 2 is 1.45 bits per heavy atom. The molecule has 200 valence electrons. The van der Waals surface area contributed by atoms with Gasteiger partial charge in [0.25, 0.3) is 10.0 Å². The number of nitrogens with zero attached hydrogens (tertiary/aromatic N) is 3. The van der Waals surface area contributed by atoms with Crippen molar-refractivity contribution in [1.82, 2.24) is 10.1 Å². The van der Waals surface area contributed by atoms with Crippen molar-refractivity contribution in [1.29, 1.82) is 0 Å². The fourth-order valence-electron chi connectivity index (χ4n) is 4.87. The molecule has 0 radical (unpaired) electrons. The Bertz CT molecular complexity index is 1780. The Balaban J connectivity index is 1.38. The van der Waals surface area contributed by atoms with E-state index in [4.69, 9.17) is 4.52 Å². The van der Waals surface area contributed by atoms with Crippen LogP contribution in [0.5, 0.6) is 0 Å². The Labute approximate surface area is 231 Å². The molecule has 1 aliphatic rings. The van der Waals surface area contributed by atoms with Gasteiger partial charge in [-0.25, -0.2) is 17.7 Å². The van der Waals surface area contributed by atoms with Crippen LogP contribution in [-0.4, -0.2) is 29.6 Å². The van der Waals surface area contributed by atoms with E-state index < -0.39 is 21.4 Å². The molecule has 0 saturated heterocycles. The lowest BCUT2D eigenvalue weighted by atomic mass is 9.93. The highest BCUT2D eigenvalue weighted by Gasteiger charge is 2.51. The summed E-state index contributed by atoms with van der Waals surface area (Å²) < 4.78 is 34.7. The summed E-state index contributed by atoms with van der Waals surface area (Å²) in [5.41, 5.74) is 3.25. The van der Waals surface area contributed by atoms with Gasteiger partial charge in [-0.15, -0.1) is 0 Å². The first-order valence-electron chi connectivity index (χ1n) is 12.7. The van der Waals surface area contributed by atoms with Crippen LogP contribution in [0.1, 0.15) is 24.1 Å². The fraction of sp³-hybridized carbons (Fsp3) is 0.129. The maximum Gasteiger partial charge on any atom is 0.314 e. The van der Waals surface area contributed by atoms with Crippen molar-refractivity contribution in [3.8, 4) is 22.5 Å². The van der Waals surface area contributed by atoms with Crippen LogP contribution in [0.15, 0.2) is 113 Å². The predicted octanol–water partition coefficient (Wildman–Crippen LogP) is 6.36. The van der Waals surface area contributed by atoms with Crippen LogP contribution in [0.25, 0.3) is 22.5 Å². The molecule has 3 aromatic carbocycles. The van der Waals surface area contributed by atoms with E-state index >= 15 is 0 Å². The van der Waals surface area contributed by atoms with Crippen molar-refractivity contribution in [3.05, 3.63) is 115 Å². The summed E-state index contributed by atoms with van der Waals surface area (Å²) in [5, 5.41) is 13.7. The number of pyridine rings is 1. The van der Waals surface area contributed by atoms with Crippen LogP contribution < -0.4 is 4.31 Å². The third-order valence-corrected chi connectivity index (χ3v) is 8.97. The molecule has 0 aliphatic heterocycles. The van der Waals surface area contributed by atoms with E-state index in [2.05, 4.69) is 10.1 Å². The van der Waals surface area contributed by atoms with E-state index in [1.54, 1.807) is 43.3 Å². The largest absolute Gasteiger partial charge is 0.481 e. The highest BCUT2D eigenvalue weighted by molar-refractivity contribution is 7.93. The molecule has 40 heavy (non-hydrogen) atoms. The lowest BCUT2D eigenvalue weighted by Gasteiger charge is -2.23. The number of sulfonamides is 1. The molecular weight excluding hydrogens is 526 g/mol. The van der Waals surface area contributed by atoms with Crippen LogP contribution >= 0.6 is 0 Å². The molecule has 6 rings (SSSR count). The smallest absolute Gasteiger partial charge is 0.314 e. The summed E-state index contributed by atoms with van der Waals surface area (Å²) in [4.78, 5) is 16.1. The van der Waals surface area contributed by atoms with Crippen molar-refractivity contribution < 1.29 is 22.8 Å². The number of aryl methyl sites for hydroxylation is 1. The molecule has 1 saturated carbocycles. The minimum absolute atomic E-state index is 0.113. The minimum atomic E-state index is -4.07. The van der Waals surface area contributed by atoms with E-state index in [1.807, 2.05) is 48.5 Å². The number of hydrogen-bond donors (Lipinski definition) is 1. The van der Waals surface area contributed by atoms with Gasteiger partial charge in [0, 0.05) is 11.8 Å². The lowest BCUT2D eigenvalue weighted by Crippen LogP contribution is -2.27. The van der Waals surface area contributed by atoms with E-state index in [-0.39, 0.29) is 16.4 Å². The summed E-state index contributed by atoms with van der Waals surface area (Å²) in [7, 11) is -4.07. The topological polar surface area (TPSA) is 114 Å². The van der Waals surface area contributed by atoms with E-state index in [0.717, 1.165) is 16.7 Å². The molecule has 0 bridgehead atoms. The first kappa shape index (κ1) is 25.5. The monoisotopic (exact) mass is 551 g/mol. The Hall–Kier alpha value is -4.76. The second kappa shape index (κ2) is 9.77. The average molecular weight is 552 g/mol. The third kappa shape index (κ3) is 4.34. The van der Waals surface area contributed by atoms with Crippen LogP contribution in [0, 0.1) is 6.92 Å². The Morgan fingerprint density at radius 1 is 0.850 bits per heavy atom. The number of aliphatic carboxylic acids is 1. The molecule has 2 aromatic heterocycles. The number of carboxylic acids is 1. The zero-order chi connectivity index (χ0) is 27.9. The van der Waals surface area contributed by atoms with Crippen molar-refractivity contribution in [2.45, 2.75) is 30.1 Å². The van der Waals surface area contributed by atoms with Crippen molar-refractivity contribution in [3.63, 3.8) is 0 Å². The molecule has 0 amide bonds. The standard InChI is InChI=1S/C31H25N3O5S/c1-21-28(34(27-9-5-6-20-32-27)40(37,38)26-7-3-2-4-8-26)29(39-33-21)24-12-10-22(11-13-24)23-14-16-25(17-15-23)31(18-19-31)30(35)36/h2-17,20H,18-19H2,1H3,(H,35,36). The fourth-order valence-corrected chi connectivity index (χ4v) is 6.39. The van der Waals surface area contributed by atoms with Crippen molar-refractivity contribution >= 4 is 27.5 Å². The van der Waals surface area contributed by atoms with Crippen LogP contribution in [0.3, 0.4) is 0 Å². The highest BCUT2D eigenvalue weighted by atomic mass is 32.2. The maximum atomic E-state index is 13.9. The maximum absolute atomic E-state index is 13.9. The van der Waals surface area contributed by atoms with Gasteiger partial charge >= 0.3 is 5.97 Å². The number of aromatic nitrogens is 2. The lowest BCUT2D eigenvalue weighted by molar-refractivity contribution is -0.140. The third-order valence-electron chi connectivity index (χ3n) is 7.25. The Kier molecular flexibility index (Phi) is 6.23.